The molecule has 4 rings (SSSR count). The number of aromatic amines is 1. The Kier molecular flexibility index (Phi) is 4.77. The second kappa shape index (κ2) is 7.24. The van der Waals surface area contributed by atoms with Gasteiger partial charge in [-0.25, -0.2) is 4.39 Å². The number of benzene rings is 2. The zero-order valence-electron chi connectivity index (χ0n) is 15.7. The van der Waals surface area contributed by atoms with Crippen LogP contribution in [0.15, 0.2) is 53.7 Å². The number of Topliss-reactive ketones (excluding diaryl/α,β-unsaturated/α-hetero) is 1. The Morgan fingerprint density at radius 1 is 1.14 bits per heavy atom. The maximum atomic E-state index is 14.1. The van der Waals surface area contributed by atoms with Crippen LogP contribution in [0.4, 0.5) is 4.39 Å². The molecule has 0 aliphatic heterocycles. The zero-order valence-corrected chi connectivity index (χ0v) is 16.5. The van der Waals surface area contributed by atoms with Crippen LogP contribution in [0, 0.1) is 12.7 Å². The van der Waals surface area contributed by atoms with E-state index in [1.807, 2.05) is 38.1 Å². The minimum absolute atomic E-state index is 0.0235. The van der Waals surface area contributed by atoms with E-state index in [-0.39, 0.29) is 16.9 Å². The summed E-state index contributed by atoms with van der Waals surface area (Å²) in [6, 6.07) is 14.2. The third-order valence-corrected chi connectivity index (χ3v) is 5.88. The molecule has 0 fully saturated rings. The largest absolute Gasteiger partial charge is 0.358 e. The van der Waals surface area contributed by atoms with Crippen LogP contribution in [0.5, 0.6) is 0 Å². The molecule has 0 saturated heterocycles. The summed E-state index contributed by atoms with van der Waals surface area (Å²) in [5, 5.41) is 9.41. The fraction of sp³-hybridized carbons (Fsp3) is 0.190. The summed E-state index contributed by atoms with van der Waals surface area (Å²) in [6.45, 7) is 3.76. The summed E-state index contributed by atoms with van der Waals surface area (Å²) >= 11 is 1.32. The molecule has 4 aromatic rings. The molecule has 1 unspecified atom stereocenters. The van der Waals surface area contributed by atoms with Crippen molar-refractivity contribution in [1.29, 1.82) is 0 Å². The molecule has 0 amide bonds. The lowest BCUT2D eigenvalue weighted by Gasteiger charge is -2.10. The van der Waals surface area contributed by atoms with Crippen molar-refractivity contribution in [3.8, 4) is 11.4 Å². The van der Waals surface area contributed by atoms with Crippen molar-refractivity contribution in [1.82, 2.24) is 19.7 Å². The predicted molar refractivity (Wildman–Crippen MR) is 109 cm³/mol. The second-order valence-electron chi connectivity index (χ2n) is 6.64. The molecule has 1 N–H and O–H groups in total. The van der Waals surface area contributed by atoms with E-state index in [0.29, 0.717) is 22.1 Å². The Labute approximate surface area is 166 Å². The lowest BCUT2D eigenvalue weighted by molar-refractivity contribution is 0.0995. The number of H-pyrrole nitrogens is 1. The second-order valence-corrected chi connectivity index (χ2v) is 7.95. The summed E-state index contributed by atoms with van der Waals surface area (Å²) in [6.07, 6.45) is 0. The minimum Gasteiger partial charge on any atom is -0.358 e. The number of para-hydroxylation sites is 1. The van der Waals surface area contributed by atoms with Gasteiger partial charge < -0.3 is 9.55 Å². The third kappa shape index (κ3) is 3.11. The van der Waals surface area contributed by atoms with Crippen molar-refractivity contribution >= 4 is 28.4 Å². The van der Waals surface area contributed by atoms with Crippen molar-refractivity contribution in [2.24, 2.45) is 7.05 Å². The molecule has 2 aromatic heterocycles. The molecular weight excluding hydrogens is 375 g/mol. The van der Waals surface area contributed by atoms with E-state index in [2.05, 4.69) is 15.2 Å². The Balaban J connectivity index is 1.62. The maximum Gasteiger partial charge on any atom is 0.191 e. The van der Waals surface area contributed by atoms with Gasteiger partial charge in [-0.2, -0.15) is 0 Å². The van der Waals surface area contributed by atoms with Gasteiger partial charge in [-0.3, -0.25) is 4.79 Å². The molecule has 0 bridgehead atoms. The lowest BCUT2D eigenvalue weighted by Crippen LogP contribution is -2.15. The number of hydrogen-bond donors (Lipinski definition) is 1. The van der Waals surface area contributed by atoms with Crippen LogP contribution in [0.2, 0.25) is 0 Å². The number of aryl methyl sites for hydroxylation is 1. The van der Waals surface area contributed by atoms with Gasteiger partial charge in [0, 0.05) is 29.2 Å². The Morgan fingerprint density at radius 2 is 1.86 bits per heavy atom. The van der Waals surface area contributed by atoms with Crippen LogP contribution >= 0.6 is 11.8 Å². The first-order valence-electron chi connectivity index (χ1n) is 8.90. The summed E-state index contributed by atoms with van der Waals surface area (Å²) in [7, 11) is 1.78. The van der Waals surface area contributed by atoms with E-state index in [0.717, 1.165) is 16.6 Å². The highest BCUT2D eigenvalue weighted by molar-refractivity contribution is 8.00. The van der Waals surface area contributed by atoms with Gasteiger partial charge in [-0.05, 0) is 32.0 Å². The zero-order chi connectivity index (χ0) is 19.8. The monoisotopic (exact) mass is 394 g/mol. The number of halogens is 1. The number of fused-ring (bicyclic) bond motifs is 1. The first-order valence-corrected chi connectivity index (χ1v) is 9.77. The molecule has 0 aliphatic carbocycles. The summed E-state index contributed by atoms with van der Waals surface area (Å²) in [5.41, 5.74) is 2.88. The molecule has 1 atom stereocenters. The third-order valence-electron chi connectivity index (χ3n) is 4.74. The van der Waals surface area contributed by atoms with E-state index in [1.54, 1.807) is 29.8 Å². The average molecular weight is 394 g/mol. The first kappa shape index (κ1) is 18.4. The number of hydrogen-bond acceptors (Lipinski definition) is 4. The number of ketones is 1. The van der Waals surface area contributed by atoms with Crippen molar-refractivity contribution < 1.29 is 9.18 Å². The van der Waals surface area contributed by atoms with Crippen LogP contribution in [-0.4, -0.2) is 30.8 Å². The Morgan fingerprint density at radius 3 is 2.64 bits per heavy atom. The Hall–Kier alpha value is -2.93. The SMILES string of the molecule is Cc1[nH]c2ccccc2c1C(=O)C(C)Sc1nnc(-c2ccccc2F)n1C. The topological polar surface area (TPSA) is 63.6 Å². The van der Waals surface area contributed by atoms with Gasteiger partial charge in [0.05, 0.1) is 10.8 Å². The average Bonchev–Trinajstić information content (AvgIpc) is 3.21. The molecule has 0 radical (unpaired) electrons. The van der Waals surface area contributed by atoms with E-state index in [4.69, 9.17) is 0 Å². The van der Waals surface area contributed by atoms with Crippen molar-refractivity contribution in [3.63, 3.8) is 0 Å². The van der Waals surface area contributed by atoms with E-state index < -0.39 is 0 Å². The Bertz CT molecular complexity index is 1180. The van der Waals surface area contributed by atoms with E-state index >= 15 is 0 Å². The van der Waals surface area contributed by atoms with Crippen molar-refractivity contribution in [3.05, 3.63) is 65.6 Å². The molecule has 5 nitrogen and oxygen atoms in total. The quantitative estimate of drug-likeness (QED) is 0.391. The number of carbonyl (C=O) groups excluding carboxylic acids is 1. The van der Waals surface area contributed by atoms with Gasteiger partial charge in [-0.1, -0.05) is 42.1 Å². The lowest BCUT2D eigenvalue weighted by atomic mass is 10.1. The van der Waals surface area contributed by atoms with Crippen LogP contribution in [-0.2, 0) is 7.05 Å². The molecule has 0 aliphatic rings. The van der Waals surface area contributed by atoms with Crippen LogP contribution in [0.25, 0.3) is 22.3 Å². The summed E-state index contributed by atoms with van der Waals surface area (Å²) < 4.78 is 15.8. The predicted octanol–water partition coefficient (Wildman–Crippen LogP) is 4.77. The molecule has 7 heteroatoms. The number of aromatic nitrogens is 4. The molecule has 142 valence electrons. The smallest absolute Gasteiger partial charge is 0.191 e. The molecule has 0 saturated carbocycles. The number of carbonyl (C=O) groups is 1. The molecule has 28 heavy (non-hydrogen) atoms. The highest BCUT2D eigenvalue weighted by atomic mass is 32.2. The molecule has 0 spiro atoms. The van der Waals surface area contributed by atoms with Gasteiger partial charge in [0.1, 0.15) is 5.82 Å². The molecule has 2 aromatic carbocycles. The highest BCUT2D eigenvalue weighted by Crippen LogP contribution is 2.31. The fourth-order valence-corrected chi connectivity index (χ4v) is 4.18. The molecular formula is C21H19FN4OS. The number of nitrogens with one attached hydrogen (secondary N) is 1. The van der Waals surface area contributed by atoms with Gasteiger partial charge >= 0.3 is 0 Å². The molecule has 2 heterocycles. The van der Waals surface area contributed by atoms with Gasteiger partial charge in [0.25, 0.3) is 0 Å². The maximum absolute atomic E-state index is 14.1. The normalized spacial score (nSPS) is 12.4. The van der Waals surface area contributed by atoms with Gasteiger partial charge in [0.15, 0.2) is 16.8 Å². The van der Waals surface area contributed by atoms with E-state index in [1.165, 1.54) is 17.8 Å². The fourth-order valence-electron chi connectivity index (χ4n) is 3.30. The highest BCUT2D eigenvalue weighted by Gasteiger charge is 2.24. The van der Waals surface area contributed by atoms with E-state index in [9.17, 15) is 9.18 Å². The van der Waals surface area contributed by atoms with Crippen LogP contribution in [0.1, 0.15) is 23.0 Å². The number of nitrogens with zero attached hydrogens (tertiary/aromatic N) is 3. The summed E-state index contributed by atoms with van der Waals surface area (Å²) in [5.74, 6) is 0.104. The van der Waals surface area contributed by atoms with Crippen molar-refractivity contribution in [2.75, 3.05) is 0 Å². The first-order chi connectivity index (χ1) is 13.5. The van der Waals surface area contributed by atoms with Crippen molar-refractivity contribution in [2.45, 2.75) is 24.3 Å². The number of rotatable bonds is 5. The van der Waals surface area contributed by atoms with Crippen LogP contribution < -0.4 is 0 Å². The van der Waals surface area contributed by atoms with Gasteiger partial charge in [-0.15, -0.1) is 10.2 Å². The standard InChI is InChI=1S/C21H19FN4OS/c1-12-18(15-9-5-7-11-17(15)23-12)19(27)13(2)28-21-25-24-20(26(21)3)14-8-4-6-10-16(14)22/h4-11,13,23H,1-3H3. The number of thioether (sulfide) groups is 1. The van der Waals surface area contributed by atoms with Crippen LogP contribution in [0.3, 0.4) is 0 Å². The van der Waals surface area contributed by atoms with Gasteiger partial charge in [0.2, 0.25) is 0 Å². The minimum atomic E-state index is -0.366. The summed E-state index contributed by atoms with van der Waals surface area (Å²) in [4.78, 5) is 16.4.